The fourth-order valence-corrected chi connectivity index (χ4v) is 2.49. The Bertz CT molecular complexity index is 400. The van der Waals surface area contributed by atoms with Gasteiger partial charge >= 0.3 is 0 Å². The third kappa shape index (κ3) is 3.75. The van der Waals surface area contributed by atoms with Crippen LogP contribution in [-0.2, 0) is 13.1 Å². The highest BCUT2D eigenvalue weighted by molar-refractivity contribution is 4.92. The standard InChI is InChI=1S/C13H26N6/c1-13(2)11-18(6-5-17(13)4)7-8-19-10-12(9-14-3)15-16-19/h10,14H,5-9,11H2,1-4H3. The van der Waals surface area contributed by atoms with Gasteiger partial charge < -0.3 is 5.32 Å². The summed E-state index contributed by atoms with van der Waals surface area (Å²) < 4.78 is 1.94. The smallest absolute Gasteiger partial charge is 0.0964 e. The van der Waals surface area contributed by atoms with Gasteiger partial charge in [-0.05, 0) is 27.9 Å². The molecule has 1 saturated heterocycles. The quantitative estimate of drug-likeness (QED) is 0.814. The summed E-state index contributed by atoms with van der Waals surface area (Å²) in [5.41, 5.74) is 1.26. The molecular formula is C13H26N6. The van der Waals surface area contributed by atoms with Crippen molar-refractivity contribution in [1.82, 2.24) is 30.1 Å². The zero-order valence-corrected chi connectivity index (χ0v) is 12.6. The zero-order chi connectivity index (χ0) is 13.9. The second-order valence-electron chi connectivity index (χ2n) is 6.01. The van der Waals surface area contributed by atoms with E-state index in [1.165, 1.54) is 0 Å². The van der Waals surface area contributed by atoms with Crippen LogP contribution in [0, 0.1) is 0 Å². The van der Waals surface area contributed by atoms with Gasteiger partial charge in [-0.3, -0.25) is 14.5 Å². The lowest BCUT2D eigenvalue weighted by molar-refractivity contribution is 0.0379. The Kier molecular flexibility index (Phi) is 4.54. The van der Waals surface area contributed by atoms with Crippen molar-refractivity contribution < 1.29 is 0 Å². The van der Waals surface area contributed by atoms with Crippen LogP contribution in [0.15, 0.2) is 6.20 Å². The number of hydrogen-bond donors (Lipinski definition) is 1. The van der Waals surface area contributed by atoms with Crippen LogP contribution in [0.5, 0.6) is 0 Å². The molecule has 1 aliphatic rings. The maximum absolute atomic E-state index is 4.16. The monoisotopic (exact) mass is 266 g/mol. The first kappa shape index (κ1) is 14.4. The van der Waals surface area contributed by atoms with Crippen LogP contribution in [-0.4, -0.2) is 70.6 Å². The Morgan fingerprint density at radius 3 is 2.79 bits per heavy atom. The van der Waals surface area contributed by atoms with E-state index in [1.54, 1.807) is 0 Å². The number of likely N-dealkylation sites (N-methyl/N-ethyl adjacent to an activating group) is 1. The van der Waals surface area contributed by atoms with Crippen LogP contribution in [0.4, 0.5) is 0 Å². The van der Waals surface area contributed by atoms with Gasteiger partial charge in [-0.2, -0.15) is 0 Å². The second kappa shape index (κ2) is 5.98. The molecule has 0 saturated carbocycles. The van der Waals surface area contributed by atoms with E-state index >= 15 is 0 Å². The van der Waals surface area contributed by atoms with E-state index in [-0.39, 0.29) is 5.54 Å². The molecule has 2 heterocycles. The van der Waals surface area contributed by atoms with E-state index in [9.17, 15) is 0 Å². The number of piperazine rings is 1. The molecule has 2 rings (SSSR count). The minimum atomic E-state index is 0.262. The first-order chi connectivity index (χ1) is 9.01. The molecule has 108 valence electrons. The summed E-state index contributed by atoms with van der Waals surface area (Å²) in [5, 5.41) is 11.4. The van der Waals surface area contributed by atoms with Gasteiger partial charge in [0.25, 0.3) is 0 Å². The van der Waals surface area contributed by atoms with Gasteiger partial charge in [0.15, 0.2) is 0 Å². The molecule has 0 unspecified atom stereocenters. The summed E-state index contributed by atoms with van der Waals surface area (Å²) in [6, 6.07) is 0. The molecule has 0 amide bonds. The van der Waals surface area contributed by atoms with Gasteiger partial charge in [0, 0.05) is 44.5 Å². The van der Waals surface area contributed by atoms with Crippen LogP contribution in [0.3, 0.4) is 0 Å². The molecule has 1 aromatic heterocycles. The molecule has 0 spiro atoms. The number of aromatic nitrogens is 3. The summed E-state index contributed by atoms with van der Waals surface area (Å²) in [4.78, 5) is 4.95. The van der Waals surface area contributed by atoms with Crippen LogP contribution < -0.4 is 5.32 Å². The normalized spacial score (nSPS) is 20.8. The number of hydrogen-bond acceptors (Lipinski definition) is 5. The lowest BCUT2D eigenvalue weighted by Gasteiger charge is -2.45. The van der Waals surface area contributed by atoms with Crippen LogP contribution >= 0.6 is 0 Å². The molecule has 6 nitrogen and oxygen atoms in total. The van der Waals surface area contributed by atoms with Gasteiger partial charge in [-0.1, -0.05) is 5.21 Å². The molecular weight excluding hydrogens is 240 g/mol. The maximum atomic E-state index is 4.16. The average molecular weight is 266 g/mol. The van der Waals surface area contributed by atoms with Gasteiger partial charge in [0.1, 0.15) is 0 Å². The van der Waals surface area contributed by atoms with Crippen molar-refractivity contribution >= 4 is 0 Å². The predicted octanol–water partition coefficient (Wildman–Crippen LogP) is 0.0235. The van der Waals surface area contributed by atoms with Crippen molar-refractivity contribution in [2.24, 2.45) is 0 Å². The molecule has 1 aromatic rings. The summed E-state index contributed by atoms with van der Waals surface area (Å²) in [6.07, 6.45) is 2.03. The Hall–Kier alpha value is -0.980. The molecule has 1 N–H and O–H groups in total. The van der Waals surface area contributed by atoms with Gasteiger partial charge in [-0.15, -0.1) is 5.10 Å². The predicted molar refractivity (Wildman–Crippen MR) is 75.9 cm³/mol. The molecule has 1 fully saturated rings. The molecule has 1 aliphatic heterocycles. The van der Waals surface area contributed by atoms with Gasteiger partial charge in [-0.25, -0.2) is 0 Å². The second-order valence-corrected chi connectivity index (χ2v) is 6.01. The number of nitrogens with one attached hydrogen (secondary N) is 1. The number of rotatable bonds is 5. The fraction of sp³-hybridized carbons (Fsp3) is 0.846. The Morgan fingerprint density at radius 2 is 2.11 bits per heavy atom. The molecule has 19 heavy (non-hydrogen) atoms. The molecule has 0 aliphatic carbocycles. The highest BCUT2D eigenvalue weighted by Crippen LogP contribution is 2.18. The number of nitrogens with zero attached hydrogens (tertiary/aromatic N) is 5. The van der Waals surface area contributed by atoms with Crippen LogP contribution in [0.1, 0.15) is 19.5 Å². The molecule has 0 atom stereocenters. The lowest BCUT2D eigenvalue weighted by atomic mass is 10.00. The molecule has 0 bridgehead atoms. The highest BCUT2D eigenvalue weighted by atomic mass is 15.4. The molecule has 0 aromatic carbocycles. The van der Waals surface area contributed by atoms with E-state index in [0.29, 0.717) is 0 Å². The third-order valence-electron chi connectivity index (χ3n) is 3.98. The van der Waals surface area contributed by atoms with E-state index in [0.717, 1.165) is 45.0 Å². The topological polar surface area (TPSA) is 49.2 Å². The summed E-state index contributed by atoms with van der Waals surface area (Å²) in [5.74, 6) is 0. The summed E-state index contributed by atoms with van der Waals surface area (Å²) in [6.45, 7) is 10.7. The highest BCUT2D eigenvalue weighted by Gasteiger charge is 2.30. The Balaban J connectivity index is 1.82. The van der Waals surface area contributed by atoms with Crippen molar-refractivity contribution in [3.63, 3.8) is 0 Å². The first-order valence-corrected chi connectivity index (χ1v) is 6.98. The molecule has 0 radical (unpaired) electrons. The summed E-state index contributed by atoms with van der Waals surface area (Å²) >= 11 is 0. The largest absolute Gasteiger partial charge is 0.314 e. The van der Waals surface area contributed by atoms with Gasteiger partial charge in [0.2, 0.25) is 0 Å². The molecule has 6 heteroatoms. The fourth-order valence-electron chi connectivity index (χ4n) is 2.49. The van der Waals surface area contributed by atoms with Gasteiger partial charge in [0.05, 0.1) is 12.2 Å². The van der Waals surface area contributed by atoms with E-state index in [2.05, 4.69) is 46.3 Å². The van der Waals surface area contributed by atoms with Crippen molar-refractivity contribution in [1.29, 1.82) is 0 Å². The Labute approximate surface area is 115 Å². The SMILES string of the molecule is CNCc1cn(CCN2CCN(C)C(C)(C)C2)nn1. The van der Waals surface area contributed by atoms with Crippen molar-refractivity contribution in [3.05, 3.63) is 11.9 Å². The van der Waals surface area contributed by atoms with Crippen LogP contribution in [0.2, 0.25) is 0 Å². The minimum absolute atomic E-state index is 0.262. The maximum Gasteiger partial charge on any atom is 0.0964 e. The van der Waals surface area contributed by atoms with E-state index in [4.69, 9.17) is 0 Å². The third-order valence-corrected chi connectivity index (χ3v) is 3.98. The van der Waals surface area contributed by atoms with Crippen LogP contribution in [0.25, 0.3) is 0 Å². The summed E-state index contributed by atoms with van der Waals surface area (Å²) in [7, 11) is 4.13. The first-order valence-electron chi connectivity index (χ1n) is 6.98. The van der Waals surface area contributed by atoms with Crippen molar-refractivity contribution in [3.8, 4) is 0 Å². The minimum Gasteiger partial charge on any atom is -0.314 e. The van der Waals surface area contributed by atoms with Crippen molar-refractivity contribution in [2.75, 3.05) is 40.3 Å². The average Bonchev–Trinajstić information content (AvgIpc) is 2.79. The Morgan fingerprint density at radius 1 is 1.32 bits per heavy atom. The van der Waals surface area contributed by atoms with Crippen molar-refractivity contribution in [2.45, 2.75) is 32.5 Å². The van der Waals surface area contributed by atoms with E-state index in [1.807, 2.05) is 17.9 Å². The zero-order valence-electron chi connectivity index (χ0n) is 12.6. The van der Waals surface area contributed by atoms with E-state index < -0.39 is 0 Å². The lowest BCUT2D eigenvalue weighted by Crippen LogP contribution is -2.57.